The molecule has 7 nitrogen and oxygen atoms in total. The van der Waals surface area contributed by atoms with Crippen molar-refractivity contribution >= 4 is 23.3 Å². The number of aromatic amines is 1. The van der Waals surface area contributed by atoms with Crippen LogP contribution < -0.4 is 5.32 Å². The third-order valence-corrected chi connectivity index (χ3v) is 5.38. The predicted molar refractivity (Wildman–Crippen MR) is 85.6 cm³/mol. The summed E-state index contributed by atoms with van der Waals surface area (Å²) in [7, 11) is 0. The fourth-order valence-electron chi connectivity index (χ4n) is 3.59. The van der Waals surface area contributed by atoms with Gasteiger partial charge in [-0.05, 0) is 18.9 Å². The summed E-state index contributed by atoms with van der Waals surface area (Å²) in [5.74, 6) is 0.138. The molecule has 2 unspecified atom stereocenters. The zero-order valence-electron chi connectivity index (χ0n) is 13.3. The molecule has 1 amide bonds. The lowest BCUT2D eigenvalue weighted by Crippen LogP contribution is -2.53. The molecule has 1 aliphatic heterocycles. The third-order valence-electron chi connectivity index (χ3n) is 5.09. The van der Waals surface area contributed by atoms with Crippen LogP contribution in [0.5, 0.6) is 0 Å². The maximum atomic E-state index is 12.8. The summed E-state index contributed by atoms with van der Waals surface area (Å²) >= 11 is 6.00. The molecular weight excluding hydrogens is 373 g/mol. The molecule has 2 aromatic rings. The number of hydrogen-bond donors (Lipinski definition) is 2. The topological polar surface area (TPSA) is 86.8 Å². The van der Waals surface area contributed by atoms with Crippen LogP contribution in [0, 0.1) is 5.92 Å². The molecule has 0 radical (unpaired) electrons. The van der Waals surface area contributed by atoms with E-state index in [1.54, 1.807) is 4.90 Å². The van der Waals surface area contributed by atoms with Gasteiger partial charge in [-0.25, -0.2) is 4.98 Å². The van der Waals surface area contributed by atoms with Crippen LogP contribution in [0.2, 0.25) is 5.02 Å². The highest BCUT2D eigenvalue weighted by Crippen LogP contribution is 2.47. The van der Waals surface area contributed by atoms with E-state index in [0.29, 0.717) is 13.1 Å². The number of likely N-dealkylation sites (tertiary alicyclic amines) is 1. The number of H-pyrrole nitrogens is 1. The van der Waals surface area contributed by atoms with Gasteiger partial charge in [0.1, 0.15) is 5.82 Å². The molecule has 2 atom stereocenters. The molecule has 1 saturated heterocycles. The summed E-state index contributed by atoms with van der Waals surface area (Å²) in [5, 5.41) is 12.9. The smallest absolute Gasteiger partial charge is 0.361 e. The van der Waals surface area contributed by atoms with Crippen LogP contribution >= 0.6 is 11.6 Å². The summed E-state index contributed by atoms with van der Waals surface area (Å²) in [5.41, 5.74) is -1.10. The first-order valence-corrected chi connectivity index (χ1v) is 8.32. The molecule has 0 bridgehead atoms. The minimum Gasteiger partial charge on any atom is -0.361 e. The van der Waals surface area contributed by atoms with E-state index in [0.717, 1.165) is 25.1 Å². The van der Waals surface area contributed by atoms with E-state index in [1.807, 2.05) is 0 Å². The van der Waals surface area contributed by atoms with Crippen LogP contribution in [0.1, 0.15) is 28.9 Å². The summed E-state index contributed by atoms with van der Waals surface area (Å²) in [6, 6.07) is 0.856. The van der Waals surface area contributed by atoms with Gasteiger partial charge < -0.3 is 10.2 Å². The lowest BCUT2D eigenvalue weighted by Gasteiger charge is -2.44. The Morgan fingerprint density at radius 2 is 2.23 bits per heavy atom. The first-order valence-electron chi connectivity index (χ1n) is 7.94. The number of pyridine rings is 1. The molecule has 0 spiro atoms. The second-order valence-electron chi connectivity index (χ2n) is 6.61. The molecule has 2 fully saturated rings. The van der Waals surface area contributed by atoms with Crippen molar-refractivity contribution in [1.29, 1.82) is 0 Å². The van der Waals surface area contributed by atoms with Gasteiger partial charge >= 0.3 is 6.18 Å². The van der Waals surface area contributed by atoms with Gasteiger partial charge in [-0.2, -0.15) is 28.6 Å². The van der Waals surface area contributed by atoms with Crippen LogP contribution in [-0.4, -0.2) is 49.8 Å². The highest BCUT2D eigenvalue weighted by Gasteiger charge is 2.54. The first-order chi connectivity index (χ1) is 12.3. The van der Waals surface area contributed by atoms with Crippen molar-refractivity contribution in [2.75, 3.05) is 18.4 Å². The van der Waals surface area contributed by atoms with Gasteiger partial charge in [-0.15, -0.1) is 0 Å². The average Bonchev–Trinajstić information content (AvgIpc) is 3.17. The molecule has 4 rings (SSSR count). The van der Waals surface area contributed by atoms with Gasteiger partial charge in [-0.3, -0.25) is 4.79 Å². The number of amides is 1. The van der Waals surface area contributed by atoms with E-state index in [1.165, 1.54) is 6.20 Å². The zero-order valence-corrected chi connectivity index (χ0v) is 14.1. The molecule has 2 aromatic heterocycles. The van der Waals surface area contributed by atoms with Gasteiger partial charge in [-0.1, -0.05) is 11.6 Å². The number of halogens is 4. The molecule has 1 aliphatic carbocycles. The minimum absolute atomic E-state index is 0.0962. The number of hydrogen-bond acceptors (Lipinski definition) is 5. The Labute approximate surface area is 150 Å². The predicted octanol–water partition coefficient (Wildman–Crippen LogP) is 2.59. The summed E-state index contributed by atoms with van der Waals surface area (Å²) in [6.45, 7) is 0.944. The largest absolute Gasteiger partial charge is 0.417 e. The molecule has 1 saturated carbocycles. The zero-order chi connectivity index (χ0) is 18.5. The molecular formula is C15H14ClF3N6O. The highest BCUT2D eigenvalue weighted by molar-refractivity contribution is 6.33. The van der Waals surface area contributed by atoms with Crippen molar-refractivity contribution in [3.8, 4) is 0 Å². The lowest BCUT2D eigenvalue weighted by molar-refractivity contribution is -0.137. The average molecular weight is 387 g/mol. The number of rotatable bonds is 3. The number of carbonyl (C=O) groups is 1. The van der Waals surface area contributed by atoms with Crippen molar-refractivity contribution in [1.82, 2.24) is 25.3 Å². The maximum absolute atomic E-state index is 12.8. The number of aromatic nitrogens is 4. The van der Waals surface area contributed by atoms with Crippen LogP contribution in [0.4, 0.5) is 19.0 Å². The number of alkyl halides is 3. The Kier molecular flexibility index (Phi) is 3.83. The number of anilines is 1. The van der Waals surface area contributed by atoms with Crippen molar-refractivity contribution < 1.29 is 18.0 Å². The Morgan fingerprint density at radius 1 is 1.42 bits per heavy atom. The number of nitrogens with zero attached hydrogens (tertiary/aromatic N) is 4. The van der Waals surface area contributed by atoms with Crippen molar-refractivity contribution in [2.24, 2.45) is 5.92 Å². The number of carbonyl (C=O) groups excluding carboxylic acids is 1. The maximum Gasteiger partial charge on any atom is 0.417 e. The quantitative estimate of drug-likeness (QED) is 0.846. The number of fused-ring (bicyclic) bond motifs is 1. The Bertz CT molecular complexity index is 842. The highest BCUT2D eigenvalue weighted by atomic mass is 35.5. The van der Waals surface area contributed by atoms with Crippen LogP contribution in [0.25, 0.3) is 0 Å². The van der Waals surface area contributed by atoms with E-state index in [4.69, 9.17) is 11.6 Å². The standard InChI is InChI=1S/C15H14ClF3N6O/c16-10-3-9(15(17,18)19)4-20-12(10)22-14-2-1-8(14)6-25(7-14)13(26)11-5-21-24-23-11/h3-5,8H,1-2,6-7H2,(H,20,22)(H,21,23,24). The van der Waals surface area contributed by atoms with Crippen molar-refractivity contribution in [3.05, 3.63) is 34.7 Å². The van der Waals surface area contributed by atoms with Gasteiger partial charge in [0.25, 0.3) is 5.91 Å². The second-order valence-corrected chi connectivity index (χ2v) is 7.02. The molecule has 3 heterocycles. The number of nitrogens with one attached hydrogen (secondary N) is 2. The first kappa shape index (κ1) is 17.1. The van der Waals surface area contributed by atoms with Crippen molar-refractivity contribution in [3.63, 3.8) is 0 Å². The minimum atomic E-state index is -4.50. The van der Waals surface area contributed by atoms with E-state index >= 15 is 0 Å². The van der Waals surface area contributed by atoms with E-state index in [2.05, 4.69) is 25.7 Å². The van der Waals surface area contributed by atoms with E-state index in [-0.39, 0.29) is 28.4 Å². The molecule has 138 valence electrons. The fraction of sp³-hybridized carbons (Fsp3) is 0.467. The lowest BCUT2D eigenvalue weighted by atomic mass is 9.69. The Morgan fingerprint density at radius 3 is 2.81 bits per heavy atom. The van der Waals surface area contributed by atoms with Crippen molar-refractivity contribution in [2.45, 2.75) is 24.6 Å². The van der Waals surface area contributed by atoms with Crippen LogP contribution in [-0.2, 0) is 6.18 Å². The van der Waals surface area contributed by atoms with Gasteiger partial charge in [0.2, 0.25) is 0 Å². The Hall–Kier alpha value is -2.36. The van der Waals surface area contributed by atoms with Gasteiger partial charge in [0, 0.05) is 25.2 Å². The summed E-state index contributed by atoms with van der Waals surface area (Å²) in [4.78, 5) is 18.0. The van der Waals surface area contributed by atoms with Crippen LogP contribution in [0.3, 0.4) is 0 Å². The summed E-state index contributed by atoms with van der Waals surface area (Å²) in [6.07, 6.45) is -0.698. The van der Waals surface area contributed by atoms with E-state index in [9.17, 15) is 18.0 Å². The van der Waals surface area contributed by atoms with Gasteiger partial charge in [0.05, 0.1) is 22.3 Å². The van der Waals surface area contributed by atoms with Crippen LogP contribution in [0.15, 0.2) is 18.5 Å². The normalized spacial score (nSPS) is 24.9. The third kappa shape index (κ3) is 2.77. The SMILES string of the molecule is O=C(c1cn[nH]n1)N1CC2CCC2(Nc2ncc(C(F)(F)F)cc2Cl)C1. The molecule has 26 heavy (non-hydrogen) atoms. The van der Waals surface area contributed by atoms with Gasteiger partial charge in [0.15, 0.2) is 5.69 Å². The molecule has 11 heteroatoms. The molecule has 2 aliphatic rings. The summed E-state index contributed by atoms with van der Waals surface area (Å²) < 4.78 is 38.3. The van der Waals surface area contributed by atoms with E-state index < -0.39 is 17.3 Å². The molecule has 2 N–H and O–H groups in total. The Balaban J connectivity index is 1.53. The molecule has 0 aromatic carbocycles. The monoisotopic (exact) mass is 386 g/mol. The second kappa shape index (κ2) is 5.83. The fourth-order valence-corrected chi connectivity index (χ4v) is 3.80.